The largest absolute Gasteiger partial charge is 0.335 e. The Bertz CT molecular complexity index is 967. The molecule has 0 aromatic heterocycles. The highest BCUT2D eigenvalue weighted by Gasteiger charge is 2.39. The van der Waals surface area contributed by atoms with E-state index >= 15 is 0 Å². The van der Waals surface area contributed by atoms with E-state index in [1.165, 1.54) is 16.1 Å². The van der Waals surface area contributed by atoms with Crippen LogP contribution >= 0.6 is 0 Å². The first-order valence-electron chi connectivity index (χ1n) is 10.2. The van der Waals surface area contributed by atoms with E-state index in [0.29, 0.717) is 6.54 Å². The smallest absolute Gasteiger partial charge is 0.315 e. The maximum absolute atomic E-state index is 13.0. The van der Waals surface area contributed by atoms with Crippen LogP contribution in [-0.4, -0.2) is 43.7 Å². The Labute approximate surface area is 179 Å². The molecule has 1 aliphatic rings. The van der Waals surface area contributed by atoms with Gasteiger partial charge in [-0.15, -0.1) is 4.83 Å². The van der Waals surface area contributed by atoms with Gasteiger partial charge in [0.05, 0.1) is 18.8 Å². The Morgan fingerprint density at radius 2 is 1.67 bits per heavy atom. The van der Waals surface area contributed by atoms with Crippen LogP contribution in [0.5, 0.6) is 0 Å². The van der Waals surface area contributed by atoms with Crippen molar-refractivity contribution in [2.45, 2.75) is 45.1 Å². The summed E-state index contributed by atoms with van der Waals surface area (Å²) in [5, 5.41) is 1.21. The number of urea groups is 1. The molecule has 1 atom stereocenters. The number of carbonyl (C=O) groups excluding carboxylic acids is 1. The van der Waals surface area contributed by atoms with Crippen molar-refractivity contribution in [3.63, 3.8) is 0 Å². The van der Waals surface area contributed by atoms with Gasteiger partial charge in [0.1, 0.15) is 0 Å². The molecule has 2 aromatic rings. The first-order chi connectivity index (χ1) is 14.0. The van der Waals surface area contributed by atoms with E-state index in [0.717, 1.165) is 24.7 Å². The molecule has 6 nitrogen and oxygen atoms in total. The van der Waals surface area contributed by atoms with Crippen LogP contribution in [0.3, 0.4) is 0 Å². The summed E-state index contributed by atoms with van der Waals surface area (Å²) < 4.78 is 23.4. The van der Waals surface area contributed by atoms with Crippen molar-refractivity contribution < 1.29 is 13.2 Å². The van der Waals surface area contributed by atoms with Crippen LogP contribution in [0.25, 0.3) is 0 Å². The van der Waals surface area contributed by atoms with Gasteiger partial charge in [-0.3, -0.25) is 0 Å². The third kappa shape index (κ3) is 5.61. The van der Waals surface area contributed by atoms with Crippen molar-refractivity contribution in [2.24, 2.45) is 0 Å². The Morgan fingerprint density at radius 3 is 2.23 bits per heavy atom. The van der Waals surface area contributed by atoms with Crippen molar-refractivity contribution in [2.75, 3.05) is 19.3 Å². The Kier molecular flexibility index (Phi) is 6.53. The molecule has 0 saturated carbocycles. The number of nitrogens with one attached hydrogen (secondary N) is 1. The number of carbonyl (C=O) groups is 1. The standard InChI is InChI=1S/C23H31N3O3S/c1-23(2,3)20-14-12-19(13-15-20)21-17-26(24-30(4,28)29)22(27)25(21)16-8-11-18-9-6-5-7-10-18/h5-7,9-10,12-15,21,24H,8,11,16-17H2,1-4H3/t21-/m0/s1. The number of benzene rings is 2. The number of rotatable bonds is 7. The molecule has 1 fully saturated rings. The Hall–Kier alpha value is -2.38. The fraction of sp³-hybridized carbons (Fsp3) is 0.435. The second kappa shape index (κ2) is 8.78. The molecule has 0 unspecified atom stereocenters. The number of aryl methyl sites for hydroxylation is 1. The summed E-state index contributed by atoms with van der Waals surface area (Å²) in [6.07, 6.45) is 2.73. The highest BCUT2D eigenvalue weighted by atomic mass is 32.2. The van der Waals surface area contributed by atoms with Crippen molar-refractivity contribution in [1.82, 2.24) is 14.7 Å². The van der Waals surface area contributed by atoms with E-state index in [9.17, 15) is 13.2 Å². The highest BCUT2D eigenvalue weighted by molar-refractivity contribution is 7.88. The maximum Gasteiger partial charge on any atom is 0.335 e. The average Bonchev–Trinajstić information content (AvgIpc) is 2.96. The predicted molar refractivity (Wildman–Crippen MR) is 119 cm³/mol. The number of nitrogens with zero attached hydrogens (tertiary/aromatic N) is 2. The van der Waals surface area contributed by atoms with E-state index in [2.05, 4.69) is 49.9 Å². The highest BCUT2D eigenvalue weighted by Crippen LogP contribution is 2.31. The van der Waals surface area contributed by atoms with Gasteiger partial charge in [-0.2, -0.15) is 0 Å². The lowest BCUT2D eigenvalue weighted by molar-refractivity contribution is 0.181. The maximum atomic E-state index is 13.0. The van der Waals surface area contributed by atoms with Crippen LogP contribution in [-0.2, 0) is 21.9 Å². The zero-order valence-electron chi connectivity index (χ0n) is 18.1. The molecular weight excluding hydrogens is 398 g/mol. The first-order valence-corrected chi connectivity index (χ1v) is 12.1. The summed E-state index contributed by atoms with van der Waals surface area (Å²) in [6, 6.07) is 17.9. The minimum absolute atomic E-state index is 0.0449. The Morgan fingerprint density at radius 1 is 1.03 bits per heavy atom. The zero-order valence-corrected chi connectivity index (χ0v) is 18.9. The second-order valence-corrected chi connectivity index (χ2v) is 10.7. The lowest BCUT2D eigenvalue weighted by atomic mass is 9.86. The van der Waals surface area contributed by atoms with E-state index in [-0.39, 0.29) is 24.0 Å². The molecule has 0 aliphatic carbocycles. The van der Waals surface area contributed by atoms with E-state index in [1.807, 2.05) is 30.3 Å². The first kappa shape index (κ1) is 22.3. The number of hydrazine groups is 1. The third-order valence-corrected chi connectivity index (χ3v) is 5.91. The molecule has 1 heterocycles. The lowest BCUT2D eigenvalue weighted by Gasteiger charge is -2.25. The number of amides is 2. The second-order valence-electron chi connectivity index (χ2n) is 8.93. The van der Waals surface area contributed by atoms with Crippen molar-refractivity contribution in [3.05, 3.63) is 71.3 Å². The van der Waals surface area contributed by atoms with Gasteiger partial charge in [0, 0.05) is 6.54 Å². The summed E-state index contributed by atoms with van der Waals surface area (Å²) in [5.74, 6) is 0. The molecule has 7 heteroatoms. The van der Waals surface area contributed by atoms with Crippen molar-refractivity contribution in [1.29, 1.82) is 0 Å². The zero-order chi connectivity index (χ0) is 21.9. The van der Waals surface area contributed by atoms with Crippen molar-refractivity contribution >= 4 is 16.1 Å². The molecule has 0 bridgehead atoms. The van der Waals surface area contributed by atoms with Gasteiger partial charge < -0.3 is 4.90 Å². The summed E-state index contributed by atoms with van der Waals surface area (Å²) in [5.41, 5.74) is 3.50. The molecule has 1 saturated heterocycles. The summed E-state index contributed by atoms with van der Waals surface area (Å²) in [6.45, 7) is 7.33. The molecule has 3 rings (SSSR count). The van der Waals surface area contributed by atoms with Gasteiger partial charge in [-0.25, -0.2) is 18.2 Å². The predicted octanol–water partition coefficient (Wildman–Crippen LogP) is 3.86. The molecule has 0 radical (unpaired) electrons. The van der Waals surface area contributed by atoms with Crippen LogP contribution in [0.1, 0.15) is 49.9 Å². The SMILES string of the molecule is CC(C)(C)c1ccc([C@@H]2CN(NS(C)(=O)=O)C(=O)N2CCCc2ccccc2)cc1. The van der Waals surface area contributed by atoms with Gasteiger partial charge in [0.15, 0.2) is 0 Å². The van der Waals surface area contributed by atoms with Crippen LogP contribution in [0.15, 0.2) is 54.6 Å². The summed E-state index contributed by atoms with van der Waals surface area (Å²) in [7, 11) is -3.53. The summed E-state index contributed by atoms with van der Waals surface area (Å²) in [4.78, 5) is 17.1. The van der Waals surface area contributed by atoms with Crippen molar-refractivity contribution in [3.8, 4) is 0 Å². The molecule has 162 valence electrons. The third-order valence-electron chi connectivity index (χ3n) is 5.35. The monoisotopic (exact) mass is 429 g/mol. The fourth-order valence-corrected chi connectivity index (χ4v) is 4.31. The molecule has 2 aromatic carbocycles. The van der Waals surface area contributed by atoms with Crippen LogP contribution in [0.4, 0.5) is 4.79 Å². The minimum Gasteiger partial charge on any atom is -0.315 e. The molecule has 1 aliphatic heterocycles. The van der Waals surface area contributed by atoms with Gasteiger partial charge >= 0.3 is 6.03 Å². The summed E-state index contributed by atoms with van der Waals surface area (Å²) >= 11 is 0. The number of sulfonamides is 1. The Balaban J connectivity index is 1.78. The van der Waals surface area contributed by atoms with E-state index < -0.39 is 10.0 Å². The van der Waals surface area contributed by atoms with Gasteiger partial charge in [0.25, 0.3) is 0 Å². The van der Waals surface area contributed by atoms with E-state index in [4.69, 9.17) is 0 Å². The topological polar surface area (TPSA) is 69.7 Å². The van der Waals surface area contributed by atoms with E-state index in [1.54, 1.807) is 4.90 Å². The molecule has 30 heavy (non-hydrogen) atoms. The molecule has 0 spiro atoms. The molecule has 2 amide bonds. The molecule has 1 N–H and O–H groups in total. The van der Waals surface area contributed by atoms with Gasteiger partial charge in [-0.05, 0) is 34.9 Å². The molecular formula is C23H31N3O3S. The lowest BCUT2D eigenvalue weighted by Crippen LogP contribution is -2.44. The average molecular weight is 430 g/mol. The minimum atomic E-state index is -3.53. The van der Waals surface area contributed by atoms with Crippen LogP contribution in [0, 0.1) is 0 Å². The van der Waals surface area contributed by atoms with Crippen LogP contribution < -0.4 is 4.83 Å². The van der Waals surface area contributed by atoms with Gasteiger partial charge in [0.2, 0.25) is 10.0 Å². The normalized spacial score (nSPS) is 17.6. The number of hydrogen-bond acceptors (Lipinski definition) is 3. The quantitative estimate of drug-likeness (QED) is 0.727. The van der Waals surface area contributed by atoms with Gasteiger partial charge in [-0.1, -0.05) is 75.4 Å². The number of hydrogen-bond donors (Lipinski definition) is 1. The van der Waals surface area contributed by atoms with Crippen LogP contribution in [0.2, 0.25) is 0 Å². The fourth-order valence-electron chi connectivity index (χ4n) is 3.75.